The molecule has 2 aromatic rings. The van der Waals surface area contributed by atoms with Crippen molar-refractivity contribution in [2.24, 2.45) is 0 Å². The minimum Gasteiger partial charge on any atom is -0.379 e. The second-order valence-corrected chi connectivity index (χ2v) is 5.81. The van der Waals surface area contributed by atoms with Crippen LogP contribution in [0.2, 0.25) is 0 Å². The fourth-order valence-corrected chi connectivity index (χ4v) is 2.51. The average molecular weight is 269 g/mol. The lowest BCUT2D eigenvalue weighted by Crippen LogP contribution is -2.06. The molecule has 106 valence electrons. The predicted molar refractivity (Wildman–Crippen MR) is 83.0 cm³/mol. The fourth-order valence-electron chi connectivity index (χ4n) is 2.51. The molecule has 3 rings (SSSR count). The van der Waals surface area contributed by atoms with Gasteiger partial charge in [0.05, 0.1) is 18.6 Å². The van der Waals surface area contributed by atoms with Crippen LogP contribution in [-0.4, -0.2) is 9.55 Å². The average Bonchev–Trinajstić information content (AvgIpc) is 3.23. The van der Waals surface area contributed by atoms with E-state index in [1.54, 1.807) is 0 Å². The highest BCUT2D eigenvalue weighted by molar-refractivity contribution is 5.45. The first-order valence-corrected chi connectivity index (χ1v) is 7.62. The van der Waals surface area contributed by atoms with E-state index in [1.807, 2.05) is 12.5 Å². The first-order valence-electron chi connectivity index (χ1n) is 7.62. The normalized spacial score (nSPS) is 16.1. The maximum Gasteiger partial charge on any atom is 0.0951 e. The molecule has 1 atom stereocenters. The highest BCUT2D eigenvalue weighted by atomic mass is 15.1. The van der Waals surface area contributed by atoms with Crippen molar-refractivity contribution in [3.63, 3.8) is 0 Å². The van der Waals surface area contributed by atoms with Crippen molar-refractivity contribution < 1.29 is 0 Å². The highest BCUT2D eigenvalue weighted by Gasteiger charge is 2.24. The molecule has 0 saturated heterocycles. The van der Waals surface area contributed by atoms with E-state index in [-0.39, 0.29) is 0 Å². The van der Waals surface area contributed by atoms with Gasteiger partial charge in [-0.1, -0.05) is 26.0 Å². The molecule has 1 saturated carbocycles. The minimum absolute atomic E-state index is 0.639. The third kappa shape index (κ3) is 2.87. The summed E-state index contributed by atoms with van der Waals surface area (Å²) in [6.45, 7) is 5.35. The van der Waals surface area contributed by atoms with Crippen LogP contribution in [0, 0.1) is 0 Å². The molecular formula is C17H23N3. The van der Waals surface area contributed by atoms with Crippen molar-refractivity contribution in [3.8, 4) is 0 Å². The first-order chi connectivity index (χ1) is 9.78. The van der Waals surface area contributed by atoms with Crippen LogP contribution >= 0.6 is 0 Å². The zero-order chi connectivity index (χ0) is 13.9. The summed E-state index contributed by atoms with van der Waals surface area (Å²) in [6, 6.07) is 9.52. The first kappa shape index (κ1) is 13.2. The quantitative estimate of drug-likeness (QED) is 0.845. The van der Waals surface area contributed by atoms with Gasteiger partial charge in [-0.15, -0.1) is 0 Å². The largest absolute Gasteiger partial charge is 0.379 e. The maximum atomic E-state index is 4.27. The number of anilines is 1. The van der Waals surface area contributed by atoms with Crippen LogP contribution in [0.3, 0.4) is 0 Å². The Bertz CT molecular complexity index is 552. The van der Waals surface area contributed by atoms with Gasteiger partial charge in [-0.3, -0.25) is 0 Å². The van der Waals surface area contributed by atoms with Crippen LogP contribution in [0.1, 0.15) is 56.3 Å². The van der Waals surface area contributed by atoms with E-state index in [0.29, 0.717) is 12.0 Å². The topological polar surface area (TPSA) is 29.9 Å². The molecule has 0 spiro atoms. The van der Waals surface area contributed by atoms with E-state index in [2.05, 4.69) is 53.0 Å². The number of imidazole rings is 1. The second kappa shape index (κ2) is 5.70. The van der Waals surface area contributed by atoms with Crippen LogP contribution in [0.5, 0.6) is 0 Å². The van der Waals surface area contributed by atoms with Gasteiger partial charge >= 0.3 is 0 Å². The van der Waals surface area contributed by atoms with E-state index >= 15 is 0 Å². The predicted octanol–water partition coefficient (Wildman–Crippen LogP) is 4.34. The number of aromatic nitrogens is 2. The monoisotopic (exact) mass is 269 g/mol. The Morgan fingerprint density at radius 2 is 2.05 bits per heavy atom. The molecule has 0 aliphatic heterocycles. The molecule has 1 aliphatic rings. The molecule has 1 aromatic heterocycles. The van der Waals surface area contributed by atoms with E-state index in [1.165, 1.54) is 36.2 Å². The lowest BCUT2D eigenvalue weighted by molar-refractivity contribution is 0.701. The molecule has 1 fully saturated rings. The third-order valence-corrected chi connectivity index (χ3v) is 4.25. The number of nitrogens with one attached hydrogen (secondary N) is 1. The number of nitrogens with zero attached hydrogens (tertiary/aromatic N) is 2. The van der Waals surface area contributed by atoms with Crippen LogP contribution in [-0.2, 0) is 6.54 Å². The van der Waals surface area contributed by atoms with Gasteiger partial charge in [-0.25, -0.2) is 4.98 Å². The van der Waals surface area contributed by atoms with E-state index in [4.69, 9.17) is 0 Å². The fraction of sp³-hybridized carbons (Fsp3) is 0.471. The molecule has 20 heavy (non-hydrogen) atoms. The standard InChI is InChI=1S/C17H23N3/c1-3-13(2)14-4-6-15(7-5-14)19-11-17-10-18-12-20(17)16-8-9-16/h4-7,10,12-13,16,19H,3,8-9,11H2,1-2H3. The van der Waals surface area contributed by atoms with Gasteiger partial charge in [0.15, 0.2) is 0 Å². The summed E-state index contributed by atoms with van der Waals surface area (Å²) in [5, 5.41) is 3.49. The molecule has 0 radical (unpaired) electrons. The summed E-state index contributed by atoms with van der Waals surface area (Å²) in [6.07, 6.45) is 7.72. The van der Waals surface area contributed by atoms with Gasteiger partial charge < -0.3 is 9.88 Å². The minimum atomic E-state index is 0.639. The Kier molecular flexibility index (Phi) is 3.77. The van der Waals surface area contributed by atoms with Gasteiger partial charge in [-0.05, 0) is 42.9 Å². The zero-order valence-corrected chi connectivity index (χ0v) is 12.3. The zero-order valence-electron chi connectivity index (χ0n) is 12.3. The summed E-state index contributed by atoms with van der Waals surface area (Å²) >= 11 is 0. The second-order valence-electron chi connectivity index (χ2n) is 5.81. The lowest BCUT2D eigenvalue weighted by atomic mass is 9.99. The van der Waals surface area contributed by atoms with Crippen molar-refractivity contribution >= 4 is 5.69 Å². The molecular weight excluding hydrogens is 246 g/mol. The molecule has 0 bridgehead atoms. The van der Waals surface area contributed by atoms with Crippen molar-refractivity contribution in [3.05, 3.63) is 48.0 Å². The Balaban J connectivity index is 1.61. The van der Waals surface area contributed by atoms with E-state index in [0.717, 1.165) is 6.54 Å². The van der Waals surface area contributed by atoms with Crippen LogP contribution in [0.15, 0.2) is 36.8 Å². The van der Waals surface area contributed by atoms with Gasteiger partial charge in [0.1, 0.15) is 0 Å². The smallest absolute Gasteiger partial charge is 0.0951 e. The van der Waals surface area contributed by atoms with Crippen molar-refractivity contribution in [1.29, 1.82) is 0 Å². The van der Waals surface area contributed by atoms with Crippen molar-refractivity contribution in [2.45, 2.75) is 51.6 Å². The molecule has 3 nitrogen and oxygen atoms in total. The summed E-state index contributed by atoms with van der Waals surface area (Å²) < 4.78 is 2.31. The van der Waals surface area contributed by atoms with E-state index in [9.17, 15) is 0 Å². The van der Waals surface area contributed by atoms with Gasteiger partial charge in [0, 0.05) is 17.9 Å². The maximum absolute atomic E-state index is 4.27. The molecule has 1 aromatic carbocycles. The highest BCUT2D eigenvalue weighted by Crippen LogP contribution is 2.35. The molecule has 0 amide bonds. The SMILES string of the molecule is CCC(C)c1ccc(NCc2cncn2C2CC2)cc1. The Morgan fingerprint density at radius 3 is 2.70 bits per heavy atom. The summed E-state index contributed by atoms with van der Waals surface area (Å²) in [5.74, 6) is 0.639. The Labute approximate surface area is 121 Å². The van der Waals surface area contributed by atoms with Crippen LogP contribution < -0.4 is 5.32 Å². The Morgan fingerprint density at radius 1 is 1.30 bits per heavy atom. The van der Waals surface area contributed by atoms with Crippen LogP contribution in [0.4, 0.5) is 5.69 Å². The molecule has 1 N–H and O–H groups in total. The van der Waals surface area contributed by atoms with Crippen molar-refractivity contribution in [1.82, 2.24) is 9.55 Å². The number of hydrogen-bond acceptors (Lipinski definition) is 2. The number of rotatable bonds is 6. The van der Waals surface area contributed by atoms with Crippen molar-refractivity contribution in [2.75, 3.05) is 5.32 Å². The molecule has 1 unspecified atom stereocenters. The Hall–Kier alpha value is -1.77. The van der Waals surface area contributed by atoms with Gasteiger partial charge in [0.25, 0.3) is 0 Å². The van der Waals surface area contributed by atoms with Gasteiger partial charge in [-0.2, -0.15) is 0 Å². The number of hydrogen-bond donors (Lipinski definition) is 1. The summed E-state index contributed by atoms with van der Waals surface area (Å²) in [4.78, 5) is 4.27. The van der Waals surface area contributed by atoms with E-state index < -0.39 is 0 Å². The summed E-state index contributed by atoms with van der Waals surface area (Å²) in [7, 11) is 0. The lowest BCUT2D eigenvalue weighted by Gasteiger charge is -2.12. The third-order valence-electron chi connectivity index (χ3n) is 4.25. The number of benzene rings is 1. The molecule has 3 heteroatoms. The molecule has 1 heterocycles. The van der Waals surface area contributed by atoms with Gasteiger partial charge in [0.2, 0.25) is 0 Å². The summed E-state index contributed by atoms with van der Waals surface area (Å²) in [5.41, 5.74) is 3.88. The molecule has 1 aliphatic carbocycles. The van der Waals surface area contributed by atoms with Crippen LogP contribution in [0.25, 0.3) is 0 Å².